The molecule has 0 aliphatic heterocycles. The van der Waals surface area contributed by atoms with Crippen molar-refractivity contribution in [2.45, 2.75) is 0 Å². The maximum Gasteiger partial charge on any atom is 0.338 e. The van der Waals surface area contributed by atoms with Crippen LogP contribution >= 0.6 is 0 Å². The van der Waals surface area contributed by atoms with E-state index in [0.717, 1.165) is 16.3 Å². The SMILES string of the molecule is O=C(O)c1ccc(-c2cccc3ccccc23)cc1F. The van der Waals surface area contributed by atoms with Crippen LogP contribution in [0.3, 0.4) is 0 Å². The predicted molar refractivity (Wildman–Crippen MR) is 76.3 cm³/mol. The molecule has 0 aliphatic carbocycles. The number of carboxylic acids is 1. The van der Waals surface area contributed by atoms with E-state index in [2.05, 4.69) is 0 Å². The molecule has 0 atom stereocenters. The van der Waals surface area contributed by atoms with Gasteiger partial charge in [-0.1, -0.05) is 48.5 Å². The van der Waals surface area contributed by atoms with Crippen LogP contribution in [-0.2, 0) is 0 Å². The summed E-state index contributed by atoms with van der Waals surface area (Å²) < 4.78 is 13.8. The topological polar surface area (TPSA) is 37.3 Å². The lowest BCUT2D eigenvalue weighted by molar-refractivity contribution is 0.0692. The Bertz CT molecular complexity index is 804. The number of carbonyl (C=O) groups is 1. The van der Waals surface area contributed by atoms with E-state index in [-0.39, 0.29) is 5.56 Å². The molecule has 3 aromatic carbocycles. The Morgan fingerprint density at radius 1 is 0.950 bits per heavy atom. The van der Waals surface area contributed by atoms with E-state index in [4.69, 9.17) is 5.11 Å². The van der Waals surface area contributed by atoms with Crippen molar-refractivity contribution in [2.75, 3.05) is 0 Å². The molecule has 0 bridgehead atoms. The number of aromatic carboxylic acids is 1. The van der Waals surface area contributed by atoms with Crippen LogP contribution in [0.25, 0.3) is 21.9 Å². The van der Waals surface area contributed by atoms with Crippen molar-refractivity contribution >= 4 is 16.7 Å². The van der Waals surface area contributed by atoms with Crippen LogP contribution in [0.1, 0.15) is 10.4 Å². The lowest BCUT2D eigenvalue weighted by Gasteiger charge is -2.08. The Morgan fingerprint density at radius 3 is 2.45 bits per heavy atom. The summed E-state index contributed by atoms with van der Waals surface area (Å²) in [5.41, 5.74) is 1.25. The van der Waals surface area contributed by atoms with Gasteiger partial charge in [-0.05, 0) is 34.0 Å². The highest BCUT2D eigenvalue weighted by Gasteiger charge is 2.12. The van der Waals surface area contributed by atoms with Gasteiger partial charge in [0, 0.05) is 0 Å². The second-order valence-corrected chi connectivity index (χ2v) is 4.53. The zero-order valence-corrected chi connectivity index (χ0v) is 10.5. The summed E-state index contributed by atoms with van der Waals surface area (Å²) in [5, 5.41) is 10.9. The van der Waals surface area contributed by atoms with E-state index in [9.17, 15) is 9.18 Å². The Labute approximate surface area is 115 Å². The van der Waals surface area contributed by atoms with Crippen molar-refractivity contribution < 1.29 is 14.3 Å². The molecule has 3 heteroatoms. The quantitative estimate of drug-likeness (QED) is 0.749. The fourth-order valence-electron chi connectivity index (χ4n) is 2.33. The van der Waals surface area contributed by atoms with Gasteiger partial charge in [0.1, 0.15) is 5.82 Å². The van der Waals surface area contributed by atoms with Gasteiger partial charge in [0.15, 0.2) is 0 Å². The third-order valence-corrected chi connectivity index (χ3v) is 3.30. The van der Waals surface area contributed by atoms with Gasteiger partial charge >= 0.3 is 5.97 Å². The van der Waals surface area contributed by atoms with Gasteiger partial charge < -0.3 is 5.11 Å². The molecule has 0 fully saturated rings. The van der Waals surface area contributed by atoms with Gasteiger partial charge in [-0.3, -0.25) is 0 Å². The van der Waals surface area contributed by atoms with Gasteiger partial charge in [-0.25, -0.2) is 9.18 Å². The molecular formula is C17H11FO2. The molecule has 20 heavy (non-hydrogen) atoms. The number of hydrogen-bond donors (Lipinski definition) is 1. The van der Waals surface area contributed by atoms with Crippen molar-refractivity contribution in [2.24, 2.45) is 0 Å². The number of hydrogen-bond acceptors (Lipinski definition) is 1. The molecule has 0 radical (unpaired) electrons. The molecule has 2 nitrogen and oxygen atoms in total. The van der Waals surface area contributed by atoms with E-state index in [0.29, 0.717) is 5.56 Å². The fraction of sp³-hybridized carbons (Fsp3) is 0. The molecule has 0 aromatic heterocycles. The van der Waals surface area contributed by atoms with E-state index < -0.39 is 11.8 Å². The molecule has 0 spiro atoms. The summed E-state index contributed by atoms with van der Waals surface area (Å²) in [6.45, 7) is 0. The van der Waals surface area contributed by atoms with Crippen molar-refractivity contribution in [3.05, 3.63) is 72.0 Å². The second-order valence-electron chi connectivity index (χ2n) is 4.53. The number of fused-ring (bicyclic) bond motifs is 1. The van der Waals surface area contributed by atoms with E-state index in [1.165, 1.54) is 12.1 Å². The van der Waals surface area contributed by atoms with Gasteiger partial charge in [0.25, 0.3) is 0 Å². The molecule has 1 N–H and O–H groups in total. The summed E-state index contributed by atoms with van der Waals surface area (Å²) in [5.74, 6) is -1.98. The Balaban J connectivity index is 2.21. The highest BCUT2D eigenvalue weighted by atomic mass is 19.1. The molecule has 0 aliphatic rings. The first-order valence-electron chi connectivity index (χ1n) is 6.18. The first-order chi connectivity index (χ1) is 9.66. The summed E-state index contributed by atoms with van der Waals surface area (Å²) in [6, 6.07) is 17.8. The van der Waals surface area contributed by atoms with E-state index in [1.54, 1.807) is 6.07 Å². The summed E-state index contributed by atoms with van der Waals surface area (Å²) in [7, 11) is 0. The largest absolute Gasteiger partial charge is 0.478 e. The van der Waals surface area contributed by atoms with Crippen molar-refractivity contribution in [3.63, 3.8) is 0 Å². The smallest absolute Gasteiger partial charge is 0.338 e. The minimum atomic E-state index is -1.26. The number of benzene rings is 3. The molecule has 0 heterocycles. The highest BCUT2D eigenvalue weighted by molar-refractivity contribution is 5.97. The van der Waals surface area contributed by atoms with Gasteiger partial charge in [0.05, 0.1) is 5.56 Å². The van der Waals surface area contributed by atoms with Crippen molar-refractivity contribution in [3.8, 4) is 11.1 Å². The normalized spacial score (nSPS) is 10.7. The Morgan fingerprint density at radius 2 is 1.70 bits per heavy atom. The van der Waals surface area contributed by atoms with E-state index >= 15 is 0 Å². The Hall–Kier alpha value is -2.68. The third-order valence-electron chi connectivity index (χ3n) is 3.30. The second kappa shape index (κ2) is 4.78. The van der Waals surface area contributed by atoms with Crippen LogP contribution < -0.4 is 0 Å². The zero-order valence-electron chi connectivity index (χ0n) is 10.5. The molecule has 0 unspecified atom stereocenters. The lowest BCUT2D eigenvalue weighted by atomic mass is 9.97. The number of rotatable bonds is 2. The first kappa shape index (κ1) is 12.4. The molecule has 0 saturated heterocycles. The molecule has 0 amide bonds. The zero-order chi connectivity index (χ0) is 14.1. The van der Waals surface area contributed by atoms with Crippen LogP contribution in [0, 0.1) is 5.82 Å². The summed E-state index contributed by atoms with van der Waals surface area (Å²) in [6.07, 6.45) is 0. The fourth-order valence-corrected chi connectivity index (χ4v) is 2.33. The molecule has 0 saturated carbocycles. The van der Waals surface area contributed by atoms with E-state index in [1.807, 2.05) is 42.5 Å². The maximum absolute atomic E-state index is 13.8. The highest BCUT2D eigenvalue weighted by Crippen LogP contribution is 2.29. The average Bonchev–Trinajstić information content (AvgIpc) is 2.46. The number of halogens is 1. The molecular weight excluding hydrogens is 255 g/mol. The summed E-state index contributed by atoms with van der Waals surface area (Å²) in [4.78, 5) is 10.8. The van der Waals surface area contributed by atoms with Gasteiger partial charge in [-0.2, -0.15) is 0 Å². The molecule has 3 rings (SSSR count). The average molecular weight is 266 g/mol. The minimum absolute atomic E-state index is 0.311. The van der Waals surface area contributed by atoms with Gasteiger partial charge in [0.2, 0.25) is 0 Å². The van der Waals surface area contributed by atoms with Crippen molar-refractivity contribution in [1.82, 2.24) is 0 Å². The van der Waals surface area contributed by atoms with Crippen LogP contribution in [0.15, 0.2) is 60.7 Å². The standard InChI is InChI=1S/C17H11FO2/c18-16-10-12(8-9-15(16)17(19)20)14-7-3-5-11-4-1-2-6-13(11)14/h1-10H,(H,19,20). The van der Waals surface area contributed by atoms with Crippen LogP contribution in [-0.4, -0.2) is 11.1 Å². The van der Waals surface area contributed by atoms with Crippen LogP contribution in [0.5, 0.6) is 0 Å². The van der Waals surface area contributed by atoms with Crippen LogP contribution in [0.2, 0.25) is 0 Å². The third kappa shape index (κ3) is 2.03. The van der Waals surface area contributed by atoms with Crippen molar-refractivity contribution in [1.29, 1.82) is 0 Å². The predicted octanol–water partition coefficient (Wildman–Crippen LogP) is 4.34. The maximum atomic E-state index is 13.8. The monoisotopic (exact) mass is 266 g/mol. The molecule has 3 aromatic rings. The summed E-state index contributed by atoms with van der Waals surface area (Å²) >= 11 is 0. The minimum Gasteiger partial charge on any atom is -0.478 e. The lowest BCUT2D eigenvalue weighted by Crippen LogP contribution is -2.00. The van der Waals surface area contributed by atoms with Crippen LogP contribution in [0.4, 0.5) is 4.39 Å². The Kier molecular flexibility index (Phi) is 2.95. The molecule has 98 valence electrons. The first-order valence-corrected chi connectivity index (χ1v) is 6.18. The van der Waals surface area contributed by atoms with Gasteiger partial charge in [-0.15, -0.1) is 0 Å². The number of carboxylic acid groups (broad SMARTS) is 1.